The fourth-order valence-corrected chi connectivity index (χ4v) is 2.47. The second kappa shape index (κ2) is 6.39. The van der Waals surface area contributed by atoms with E-state index in [1.807, 2.05) is 18.2 Å². The largest absolute Gasteiger partial charge is 0.481 e. The molecular weight excluding hydrogens is 272 g/mol. The summed E-state index contributed by atoms with van der Waals surface area (Å²) in [5, 5.41) is 19.7. The lowest BCUT2D eigenvalue weighted by Crippen LogP contribution is -2.41. The number of aliphatic hydroxyl groups is 1. The molecule has 0 aliphatic carbocycles. The highest BCUT2D eigenvalue weighted by Crippen LogP contribution is 2.35. The van der Waals surface area contributed by atoms with Crippen molar-refractivity contribution in [3.63, 3.8) is 0 Å². The van der Waals surface area contributed by atoms with Gasteiger partial charge in [-0.3, -0.25) is 4.79 Å². The van der Waals surface area contributed by atoms with Gasteiger partial charge in [0.2, 0.25) is 0 Å². The van der Waals surface area contributed by atoms with Crippen LogP contribution >= 0.6 is 0 Å². The van der Waals surface area contributed by atoms with Crippen LogP contribution < -0.4 is 0 Å². The van der Waals surface area contributed by atoms with Crippen LogP contribution in [0.4, 0.5) is 0 Å². The summed E-state index contributed by atoms with van der Waals surface area (Å²) in [6, 6.07) is 9.02. The average Bonchev–Trinajstić information content (AvgIpc) is 2.91. The molecule has 2 rings (SSSR count). The number of ether oxygens (including phenoxy) is 2. The second-order valence-electron chi connectivity index (χ2n) is 5.28. The van der Waals surface area contributed by atoms with Crippen molar-refractivity contribution < 1.29 is 24.5 Å². The van der Waals surface area contributed by atoms with Crippen molar-refractivity contribution in [1.82, 2.24) is 0 Å². The summed E-state index contributed by atoms with van der Waals surface area (Å²) < 4.78 is 10.8. The summed E-state index contributed by atoms with van der Waals surface area (Å²) in [4.78, 5) is 11.5. The highest BCUT2D eigenvalue weighted by molar-refractivity contribution is 5.71. The molecular formula is C16H20O5. The van der Waals surface area contributed by atoms with Gasteiger partial charge in [-0.25, -0.2) is 0 Å². The molecule has 5 heteroatoms. The molecule has 114 valence electrons. The quantitative estimate of drug-likeness (QED) is 0.786. The van der Waals surface area contributed by atoms with E-state index in [1.165, 1.54) is 0 Å². The molecule has 0 saturated carbocycles. The maximum atomic E-state index is 11.5. The number of carboxylic acids is 1. The fourth-order valence-electron chi connectivity index (χ4n) is 2.47. The van der Waals surface area contributed by atoms with Crippen molar-refractivity contribution in [3.8, 4) is 0 Å². The standard InChI is InChI=1S/C16H20O5/c1-11(14(17)12-6-4-3-5-7-12)10-13(15(18)19)16(2)20-8-9-21-16/h3-7,13-14,17H,1,8-10H2,2H3,(H,18,19). The summed E-state index contributed by atoms with van der Waals surface area (Å²) >= 11 is 0. The van der Waals surface area contributed by atoms with Gasteiger partial charge in [0, 0.05) is 0 Å². The Morgan fingerprint density at radius 1 is 1.33 bits per heavy atom. The minimum Gasteiger partial charge on any atom is -0.481 e. The van der Waals surface area contributed by atoms with Gasteiger partial charge in [-0.15, -0.1) is 0 Å². The number of benzene rings is 1. The highest BCUT2D eigenvalue weighted by Gasteiger charge is 2.44. The number of aliphatic hydroxyl groups excluding tert-OH is 1. The van der Waals surface area contributed by atoms with Crippen LogP contribution in [-0.2, 0) is 14.3 Å². The van der Waals surface area contributed by atoms with Gasteiger partial charge in [-0.1, -0.05) is 36.9 Å². The van der Waals surface area contributed by atoms with Crippen LogP contribution in [0.15, 0.2) is 42.5 Å². The third-order valence-electron chi connectivity index (χ3n) is 3.76. The second-order valence-corrected chi connectivity index (χ2v) is 5.28. The van der Waals surface area contributed by atoms with E-state index in [2.05, 4.69) is 6.58 Å². The van der Waals surface area contributed by atoms with Crippen LogP contribution in [0.5, 0.6) is 0 Å². The molecule has 0 aromatic heterocycles. The Hall–Kier alpha value is -1.69. The van der Waals surface area contributed by atoms with E-state index in [9.17, 15) is 15.0 Å². The molecule has 1 aromatic carbocycles. The van der Waals surface area contributed by atoms with Gasteiger partial charge in [0.25, 0.3) is 0 Å². The van der Waals surface area contributed by atoms with Gasteiger partial charge in [0.1, 0.15) is 5.92 Å². The van der Waals surface area contributed by atoms with Gasteiger partial charge in [-0.2, -0.15) is 0 Å². The van der Waals surface area contributed by atoms with Crippen molar-refractivity contribution in [2.75, 3.05) is 13.2 Å². The highest BCUT2D eigenvalue weighted by atomic mass is 16.7. The number of carbonyl (C=O) groups is 1. The summed E-state index contributed by atoms with van der Waals surface area (Å²) in [7, 11) is 0. The zero-order valence-electron chi connectivity index (χ0n) is 12.0. The topological polar surface area (TPSA) is 76.0 Å². The molecule has 0 radical (unpaired) electrons. The molecule has 1 aliphatic rings. The van der Waals surface area contributed by atoms with E-state index in [4.69, 9.17) is 9.47 Å². The smallest absolute Gasteiger partial charge is 0.312 e. The van der Waals surface area contributed by atoms with E-state index in [1.54, 1.807) is 19.1 Å². The molecule has 1 saturated heterocycles. The summed E-state index contributed by atoms with van der Waals surface area (Å²) in [5.74, 6) is -3.11. The van der Waals surface area contributed by atoms with E-state index >= 15 is 0 Å². The molecule has 5 nitrogen and oxygen atoms in total. The molecule has 1 fully saturated rings. The minimum absolute atomic E-state index is 0.0852. The maximum Gasteiger partial charge on any atom is 0.312 e. The van der Waals surface area contributed by atoms with E-state index in [0.717, 1.165) is 0 Å². The first-order valence-electron chi connectivity index (χ1n) is 6.85. The third-order valence-corrected chi connectivity index (χ3v) is 3.76. The Kier molecular flexibility index (Phi) is 4.77. The number of rotatable bonds is 6. The van der Waals surface area contributed by atoms with Crippen molar-refractivity contribution in [1.29, 1.82) is 0 Å². The lowest BCUT2D eigenvalue weighted by atomic mass is 9.88. The van der Waals surface area contributed by atoms with Gasteiger partial charge in [0.15, 0.2) is 5.79 Å². The number of hydrogen-bond acceptors (Lipinski definition) is 4. The molecule has 0 spiro atoms. The zero-order chi connectivity index (χ0) is 15.5. The van der Waals surface area contributed by atoms with Crippen LogP contribution in [0.3, 0.4) is 0 Å². The molecule has 1 heterocycles. The SMILES string of the molecule is C=C(CC(C(=O)O)C1(C)OCCO1)C(O)c1ccccc1. The van der Waals surface area contributed by atoms with Crippen molar-refractivity contribution >= 4 is 5.97 Å². The van der Waals surface area contributed by atoms with E-state index in [0.29, 0.717) is 24.4 Å². The third kappa shape index (κ3) is 3.50. The Labute approximate surface area is 123 Å². The maximum absolute atomic E-state index is 11.5. The first-order valence-corrected chi connectivity index (χ1v) is 6.85. The summed E-state index contributed by atoms with van der Waals surface area (Å²) in [6.45, 7) is 6.18. The molecule has 0 bridgehead atoms. The number of hydrogen-bond donors (Lipinski definition) is 2. The summed E-state index contributed by atoms with van der Waals surface area (Å²) in [6.07, 6.45) is -0.819. The van der Waals surface area contributed by atoms with E-state index < -0.39 is 23.8 Å². The molecule has 1 aromatic rings. The van der Waals surface area contributed by atoms with Gasteiger partial charge in [-0.05, 0) is 24.5 Å². The molecule has 21 heavy (non-hydrogen) atoms. The molecule has 2 N–H and O–H groups in total. The molecule has 1 aliphatic heterocycles. The van der Waals surface area contributed by atoms with Crippen molar-refractivity contribution in [3.05, 3.63) is 48.0 Å². The Bertz CT molecular complexity index is 505. The first kappa shape index (κ1) is 15.7. The predicted molar refractivity (Wildman–Crippen MR) is 76.6 cm³/mol. The Balaban J connectivity index is 2.10. The van der Waals surface area contributed by atoms with Gasteiger partial charge in [0.05, 0.1) is 19.3 Å². The Morgan fingerprint density at radius 2 is 1.90 bits per heavy atom. The lowest BCUT2D eigenvalue weighted by molar-refractivity contribution is -0.196. The predicted octanol–water partition coefficient (Wildman–Crippen LogP) is 2.13. The lowest BCUT2D eigenvalue weighted by Gasteiger charge is -2.30. The first-order chi connectivity index (χ1) is 9.94. The minimum atomic E-state index is -1.18. The monoisotopic (exact) mass is 292 g/mol. The average molecular weight is 292 g/mol. The number of aliphatic carboxylic acids is 1. The fraction of sp³-hybridized carbons (Fsp3) is 0.438. The molecule has 2 unspecified atom stereocenters. The normalized spacial score (nSPS) is 19.9. The van der Waals surface area contributed by atoms with E-state index in [-0.39, 0.29) is 6.42 Å². The van der Waals surface area contributed by atoms with Crippen LogP contribution in [0.25, 0.3) is 0 Å². The van der Waals surface area contributed by atoms with Crippen LogP contribution in [0.2, 0.25) is 0 Å². The van der Waals surface area contributed by atoms with Crippen molar-refractivity contribution in [2.45, 2.75) is 25.2 Å². The molecule has 0 amide bonds. The molecule has 2 atom stereocenters. The number of carboxylic acid groups (broad SMARTS) is 1. The van der Waals surface area contributed by atoms with Gasteiger partial charge >= 0.3 is 5.97 Å². The summed E-state index contributed by atoms with van der Waals surface area (Å²) in [5.41, 5.74) is 1.11. The van der Waals surface area contributed by atoms with Gasteiger partial charge < -0.3 is 19.7 Å². The van der Waals surface area contributed by atoms with Crippen LogP contribution in [-0.4, -0.2) is 35.2 Å². The Morgan fingerprint density at radius 3 is 2.43 bits per heavy atom. The van der Waals surface area contributed by atoms with Crippen molar-refractivity contribution in [2.24, 2.45) is 5.92 Å². The zero-order valence-corrected chi connectivity index (χ0v) is 12.0. The van der Waals surface area contributed by atoms with Crippen LogP contribution in [0, 0.1) is 5.92 Å². The van der Waals surface area contributed by atoms with Crippen LogP contribution in [0.1, 0.15) is 25.0 Å².